The van der Waals surface area contributed by atoms with Gasteiger partial charge in [-0.3, -0.25) is 23.9 Å². The fourth-order valence-electron chi connectivity index (χ4n) is 3.96. The minimum absolute atomic E-state index is 0.175. The first kappa shape index (κ1) is 25.9. The number of aromatic nitrogens is 1. The lowest BCUT2D eigenvalue weighted by Gasteiger charge is -2.21. The van der Waals surface area contributed by atoms with Gasteiger partial charge in [0.1, 0.15) is 5.82 Å². The molecule has 2 amide bonds. The van der Waals surface area contributed by atoms with Gasteiger partial charge in [-0.05, 0) is 30.3 Å². The first-order chi connectivity index (χ1) is 17.0. The van der Waals surface area contributed by atoms with Crippen molar-refractivity contribution in [2.45, 2.75) is 12.2 Å². The summed E-state index contributed by atoms with van der Waals surface area (Å²) in [6, 6.07) is 9.82. The van der Waals surface area contributed by atoms with E-state index in [9.17, 15) is 31.9 Å². The van der Waals surface area contributed by atoms with Crippen LogP contribution in [0, 0.1) is 11.7 Å². The van der Waals surface area contributed by atoms with E-state index >= 15 is 0 Å². The lowest BCUT2D eigenvalue weighted by molar-refractivity contribution is -0.174. The van der Waals surface area contributed by atoms with Gasteiger partial charge < -0.3 is 10.6 Å². The molecular formula is C23H19ClF4N4O3S. The highest BCUT2D eigenvalue weighted by molar-refractivity contribution is 7.18. The van der Waals surface area contributed by atoms with Gasteiger partial charge in [-0.25, -0.2) is 4.39 Å². The molecule has 2 unspecified atom stereocenters. The largest absolute Gasteiger partial charge is 0.395 e. The molecule has 0 saturated carbocycles. The maximum absolute atomic E-state index is 14.6. The SMILES string of the molecule is O=C(CN1CC(NC(=O)c2ccc(Cl)s2)C(C(F)(F)F)C1)Nc1ccc(-n2ccccc2=O)cc1F. The van der Waals surface area contributed by atoms with Crippen molar-refractivity contribution in [3.05, 3.63) is 80.1 Å². The van der Waals surface area contributed by atoms with E-state index < -0.39 is 48.9 Å². The van der Waals surface area contributed by atoms with Crippen LogP contribution in [0.5, 0.6) is 0 Å². The van der Waals surface area contributed by atoms with E-state index in [0.717, 1.165) is 17.4 Å². The molecule has 7 nitrogen and oxygen atoms in total. The highest BCUT2D eigenvalue weighted by atomic mass is 35.5. The van der Waals surface area contributed by atoms with Crippen LogP contribution in [-0.2, 0) is 4.79 Å². The Hall–Kier alpha value is -3.22. The summed E-state index contributed by atoms with van der Waals surface area (Å²) in [4.78, 5) is 38.2. The summed E-state index contributed by atoms with van der Waals surface area (Å²) in [6.07, 6.45) is -3.14. The van der Waals surface area contributed by atoms with Gasteiger partial charge in [-0.2, -0.15) is 13.2 Å². The number of halogens is 5. The molecule has 2 N–H and O–H groups in total. The molecule has 1 aliphatic heterocycles. The molecule has 3 heterocycles. The zero-order valence-electron chi connectivity index (χ0n) is 18.4. The van der Waals surface area contributed by atoms with Gasteiger partial charge in [0.2, 0.25) is 5.91 Å². The zero-order chi connectivity index (χ0) is 26.0. The maximum atomic E-state index is 14.6. The van der Waals surface area contributed by atoms with E-state index in [1.807, 2.05) is 0 Å². The molecule has 0 aliphatic carbocycles. The number of carbonyl (C=O) groups is 2. The number of thiophene rings is 1. The van der Waals surface area contributed by atoms with Gasteiger partial charge in [0.25, 0.3) is 11.5 Å². The highest BCUT2D eigenvalue weighted by Crippen LogP contribution is 2.34. The summed E-state index contributed by atoms with van der Waals surface area (Å²) < 4.78 is 57.0. The van der Waals surface area contributed by atoms with Crippen molar-refractivity contribution in [3.8, 4) is 5.69 Å². The number of rotatable bonds is 6. The first-order valence-electron chi connectivity index (χ1n) is 10.6. The second-order valence-corrected chi connectivity index (χ2v) is 9.86. The van der Waals surface area contributed by atoms with E-state index in [4.69, 9.17) is 11.6 Å². The van der Waals surface area contributed by atoms with Crippen LogP contribution < -0.4 is 16.2 Å². The van der Waals surface area contributed by atoms with Gasteiger partial charge in [-0.15, -0.1) is 11.3 Å². The van der Waals surface area contributed by atoms with Gasteiger partial charge in [0.15, 0.2) is 0 Å². The van der Waals surface area contributed by atoms with Crippen molar-refractivity contribution in [3.63, 3.8) is 0 Å². The van der Waals surface area contributed by atoms with Crippen molar-refractivity contribution in [2.24, 2.45) is 5.92 Å². The molecule has 0 spiro atoms. The highest BCUT2D eigenvalue weighted by Gasteiger charge is 2.50. The minimum Gasteiger partial charge on any atom is -0.347 e. The number of pyridine rings is 1. The molecule has 2 aromatic heterocycles. The number of nitrogens with zero attached hydrogens (tertiary/aromatic N) is 2. The third kappa shape index (κ3) is 5.94. The number of alkyl halides is 3. The lowest BCUT2D eigenvalue weighted by atomic mass is 10.0. The van der Waals surface area contributed by atoms with E-state index in [2.05, 4.69) is 10.6 Å². The molecule has 1 aromatic carbocycles. The van der Waals surface area contributed by atoms with E-state index in [0.29, 0.717) is 4.34 Å². The third-order valence-electron chi connectivity index (χ3n) is 5.62. The Kier molecular flexibility index (Phi) is 7.48. The summed E-state index contributed by atoms with van der Waals surface area (Å²) in [7, 11) is 0. The summed E-state index contributed by atoms with van der Waals surface area (Å²) in [6.45, 7) is -1.17. The molecule has 4 rings (SSSR count). The van der Waals surface area contributed by atoms with E-state index in [1.54, 1.807) is 12.1 Å². The van der Waals surface area contributed by atoms with Crippen LogP contribution in [0.2, 0.25) is 4.34 Å². The molecule has 0 bridgehead atoms. The Morgan fingerprint density at radius 1 is 1.11 bits per heavy atom. The molecule has 3 aromatic rings. The summed E-state index contributed by atoms with van der Waals surface area (Å²) in [5, 5.41) is 4.73. The molecule has 1 saturated heterocycles. The Balaban J connectivity index is 1.41. The third-order valence-corrected chi connectivity index (χ3v) is 6.85. The second-order valence-electron chi connectivity index (χ2n) is 8.15. The predicted molar refractivity (Wildman–Crippen MR) is 127 cm³/mol. The van der Waals surface area contributed by atoms with Crippen LogP contribution in [0.4, 0.5) is 23.2 Å². The van der Waals surface area contributed by atoms with Gasteiger partial charge >= 0.3 is 6.18 Å². The minimum atomic E-state index is -4.60. The van der Waals surface area contributed by atoms with Crippen LogP contribution in [0.1, 0.15) is 9.67 Å². The van der Waals surface area contributed by atoms with Crippen LogP contribution in [-0.4, -0.2) is 53.1 Å². The first-order valence-corrected chi connectivity index (χ1v) is 11.8. The molecule has 0 radical (unpaired) electrons. The number of hydrogen-bond acceptors (Lipinski definition) is 5. The number of carbonyl (C=O) groups excluding carboxylic acids is 2. The number of likely N-dealkylation sites (tertiary alicyclic amines) is 1. The van der Waals surface area contributed by atoms with Crippen LogP contribution in [0.15, 0.2) is 59.5 Å². The summed E-state index contributed by atoms with van der Waals surface area (Å²) >= 11 is 6.73. The normalized spacial score (nSPS) is 18.2. The standard InChI is InChI=1S/C23H19ClF4N4O3S/c24-19-7-6-18(36-19)22(35)30-17-11-31(10-14(17)23(26,27)28)12-20(33)29-16-5-4-13(9-15(16)25)32-8-2-1-3-21(32)34/h1-9,14,17H,10-12H2,(H,29,33)(H,30,35). The average Bonchev–Trinajstić information content (AvgIpc) is 3.41. The van der Waals surface area contributed by atoms with Crippen LogP contribution >= 0.6 is 22.9 Å². The van der Waals surface area contributed by atoms with E-state index in [1.165, 1.54) is 46.0 Å². The zero-order valence-corrected chi connectivity index (χ0v) is 20.0. The molecular weight excluding hydrogens is 524 g/mol. The van der Waals surface area contributed by atoms with Gasteiger partial charge in [0, 0.05) is 31.4 Å². The van der Waals surface area contributed by atoms with Crippen molar-refractivity contribution >= 4 is 40.4 Å². The second kappa shape index (κ2) is 10.4. The molecule has 190 valence electrons. The summed E-state index contributed by atoms with van der Waals surface area (Å²) in [5.41, 5.74) is -0.307. The van der Waals surface area contributed by atoms with E-state index in [-0.39, 0.29) is 28.4 Å². The van der Waals surface area contributed by atoms with Crippen molar-refractivity contribution in [2.75, 3.05) is 25.0 Å². The monoisotopic (exact) mass is 542 g/mol. The smallest absolute Gasteiger partial charge is 0.347 e. The number of anilines is 1. The Morgan fingerprint density at radius 3 is 2.53 bits per heavy atom. The number of nitrogens with one attached hydrogen (secondary N) is 2. The quantitative estimate of drug-likeness (QED) is 0.463. The van der Waals surface area contributed by atoms with Crippen LogP contribution in [0.3, 0.4) is 0 Å². The Bertz CT molecular complexity index is 1340. The van der Waals surface area contributed by atoms with Crippen molar-refractivity contribution < 1.29 is 27.2 Å². The topological polar surface area (TPSA) is 83.4 Å². The molecule has 2 atom stereocenters. The van der Waals surface area contributed by atoms with Crippen LogP contribution in [0.25, 0.3) is 5.69 Å². The predicted octanol–water partition coefficient (Wildman–Crippen LogP) is 3.92. The van der Waals surface area contributed by atoms with Crippen molar-refractivity contribution in [1.82, 2.24) is 14.8 Å². The fourth-order valence-corrected chi connectivity index (χ4v) is 4.90. The number of amides is 2. The Morgan fingerprint density at radius 2 is 1.89 bits per heavy atom. The van der Waals surface area contributed by atoms with Crippen molar-refractivity contribution in [1.29, 1.82) is 0 Å². The molecule has 13 heteroatoms. The molecule has 36 heavy (non-hydrogen) atoms. The maximum Gasteiger partial charge on any atom is 0.395 e. The number of benzene rings is 1. The summed E-state index contributed by atoms with van der Waals surface area (Å²) in [5.74, 6) is -4.11. The van der Waals surface area contributed by atoms with Gasteiger partial charge in [-0.1, -0.05) is 17.7 Å². The van der Waals surface area contributed by atoms with Gasteiger partial charge in [0.05, 0.1) is 39.1 Å². The average molecular weight is 543 g/mol. The lowest BCUT2D eigenvalue weighted by Crippen LogP contribution is -2.45. The Labute approximate surface area is 211 Å². The molecule has 1 fully saturated rings. The molecule has 1 aliphatic rings. The fraction of sp³-hybridized carbons (Fsp3) is 0.261. The number of hydrogen-bond donors (Lipinski definition) is 2.